The van der Waals surface area contributed by atoms with Crippen LogP contribution in [-0.2, 0) is 22.4 Å². The number of nitrogens with two attached hydrogens (primary N) is 2. The van der Waals surface area contributed by atoms with Crippen LogP contribution in [-0.4, -0.2) is 44.4 Å². The Kier molecular flexibility index (Phi) is 8.07. The Morgan fingerprint density at radius 2 is 0.962 bits per heavy atom. The fourth-order valence-corrected chi connectivity index (χ4v) is 1.95. The van der Waals surface area contributed by atoms with Gasteiger partial charge in [0.2, 0.25) is 0 Å². The van der Waals surface area contributed by atoms with Crippen LogP contribution < -0.4 is 11.5 Å². The molecule has 2 aromatic rings. The Labute approximate surface area is 150 Å². The monoisotopic (exact) mass is 362 g/mol. The van der Waals surface area contributed by atoms with Crippen molar-refractivity contribution in [1.29, 1.82) is 0 Å². The lowest BCUT2D eigenvalue weighted by Crippen LogP contribution is -2.32. The van der Waals surface area contributed by atoms with Crippen LogP contribution in [0, 0.1) is 0 Å². The van der Waals surface area contributed by atoms with Gasteiger partial charge in [0.1, 0.15) is 23.6 Å². The summed E-state index contributed by atoms with van der Waals surface area (Å²) in [7, 11) is 0. The van der Waals surface area contributed by atoms with E-state index in [-0.39, 0.29) is 24.3 Å². The average Bonchev–Trinajstić information content (AvgIpc) is 2.59. The van der Waals surface area contributed by atoms with Crippen LogP contribution in [0.2, 0.25) is 0 Å². The fourth-order valence-electron chi connectivity index (χ4n) is 1.95. The molecule has 8 heteroatoms. The first-order valence-electron chi connectivity index (χ1n) is 7.71. The number of rotatable bonds is 6. The molecule has 0 heterocycles. The molecule has 0 aliphatic rings. The smallest absolute Gasteiger partial charge is 0.320 e. The third kappa shape index (κ3) is 7.65. The molecule has 140 valence electrons. The van der Waals surface area contributed by atoms with Crippen molar-refractivity contribution in [3.8, 4) is 11.5 Å². The minimum absolute atomic E-state index is 0.160. The molecule has 2 atom stereocenters. The summed E-state index contributed by atoms with van der Waals surface area (Å²) in [4.78, 5) is 20.8. The van der Waals surface area contributed by atoms with Gasteiger partial charge in [-0.15, -0.1) is 0 Å². The number of carboxylic acids is 2. The van der Waals surface area contributed by atoms with Gasteiger partial charge in [-0.1, -0.05) is 24.3 Å². The zero-order chi connectivity index (χ0) is 19.7. The normalized spacial score (nSPS) is 12.4. The highest BCUT2D eigenvalue weighted by Gasteiger charge is 2.12. The third-order valence-corrected chi connectivity index (χ3v) is 3.42. The molecular weight excluding hydrogens is 340 g/mol. The Morgan fingerprint density at radius 1 is 0.692 bits per heavy atom. The molecule has 0 aliphatic heterocycles. The van der Waals surface area contributed by atoms with Gasteiger partial charge in [0.15, 0.2) is 0 Å². The van der Waals surface area contributed by atoms with Gasteiger partial charge in [0, 0.05) is 0 Å². The van der Waals surface area contributed by atoms with Crippen molar-refractivity contribution in [1.82, 2.24) is 0 Å². The van der Waals surface area contributed by atoms with E-state index in [1.807, 2.05) is 0 Å². The highest BCUT2D eigenvalue weighted by atomic mass is 16.4. The molecule has 2 aromatic carbocycles. The number of aromatic hydroxyl groups is 2. The van der Waals surface area contributed by atoms with Crippen molar-refractivity contribution < 1.29 is 30.0 Å². The minimum atomic E-state index is -1.02. The van der Waals surface area contributed by atoms with Crippen molar-refractivity contribution in [2.75, 3.05) is 0 Å². The van der Waals surface area contributed by atoms with Crippen molar-refractivity contribution in [2.45, 2.75) is 24.9 Å². The molecule has 0 spiro atoms. The quantitative estimate of drug-likeness (QED) is 0.436. The van der Waals surface area contributed by atoms with Crippen LogP contribution in [0.3, 0.4) is 0 Å². The number of phenolic OH excluding ortho intramolecular Hbond substituents is 2. The molecule has 0 saturated carbocycles. The van der Waals surface area contributed by atoms with E-state index in [0.717, 1.165) is 11.1 Å². The van der Waals surface area contributed by atoms with Crippen molar-refractivity contribution >= 4 is 11.9 Å². The second-order valence-electron chi connectivity index (χ2n) is 5.63. The third-order valence-electron chi connectivity index (χ3n) is 3.42. The Bertz CT molecular complexity index is 652. The number of aliphatic carboxylic acids is 2. The van der Waals surface area contributed by atoms with Crippen molar-refractivity contribution in [3.05, 3.63) is 59.7 Å². The topological polar surface area (TPSA) is 167 Å². The summed E-state index contributed by atoms with van der Waals surface area (Å²) in [6.07, 6.45) is 0.547. The molecular formula is C18H22N2O6. The minimum Gasteiger partial charge on any atom is -0.508 e. The standard InChI is InChI=1S/2C9H11NO3/c2*10-8(9(12)13)5-6-1-3-7(11)4-2-6/h2*1-4,8,11H,5,10H2,(H,12,13). The Morgan fingerprint density at radius 3 is 1.19 bits per heavy atom. The predicted octanol–water partition coefficient (Wildman–Crippen LogP) is 0.693. The second kappa shape index (κ2) is 10.0. The van der Waals surface area contributed by atoms with Gasteiger partial charge >= 0.3 is 11.9 Å². The molecule has 2 rings (SSSR count). The van der Waals surface area contributed by atoms with Crippen LogP contribution in [0.15, 0.2) is 48.5 Å². The molecule has 0 aliphatic carbocycles. The number of phenols is 2. The first-order valence-corrected chi connectivity index (χ1v) is 7.71. The van der Waals surface area contributed by atoms with Crippen molar-refractivity contribution in [2.24, 2.45) is 11.5 Å². The number of hydrogen-bond acceptors (Lipinski definition) is 6. The van der Waals surface area contributed by atoms with E-state index in [1.54, 1.807) is 24.3 Å². The first-order chi connectivity index (χ1) is 12.2. The average molecular weight is 362 g/mol. The largest absolute Gasteiger partial charge is 0.508 e. The lowest BCUT2D eigenvalue weighted by atomic mass is 10.1. The highest BCUT2D eigenvalue weighted by Crippen LogP contribution is 2.11. The molecule has 8 N–H and O–H groups in total. The number of carbonyl (C=O) groups is 2. The zero-order valence-electron chi connectivity index (χ0n) is 13.9. The van der Waals surface area contributed by atoms with Gasteiger partial charge in [-0.3, -0.25) is 9.59 Å². The maximum absolute atomic E-state index is 10.4. The SMILES string of the molecule is NC(Cc1ccc(O)cc1)C(=O)O.NC(Cc1ccc(O)cc1)C(=O)O. The van der Waals surface area contributed by atoms with Gasteiger partial charge in [-0.05, 0) is 48.2 Å². The van der Waals surface area contributed by atoms with Gasteiger partial charge in [-0.2, -0.15) is 0 Å². The Hall–Kier alpha value is -3.10. The van der Waals surface area contributed by atoms with E-state index < -0.39 is 24.0 Å². The number of carboxylic acid groups (broad SMARTS) is 2. The summed E-state index contributed by atoms with van der Waals surface area (Å²) < 4.78 is 0. The molecule has 0 amide bonds. The molecule has 26 heavy (non-hydrogen) atoms. The van der Waals surface area contributed by atoms with Crippen LogP contribution in [0.25, 0.3) is 0 Å². The maximum Gasteiger partial charge on any atom is 0.320 e. The van der Waals surface area contributed by atoms with E-state index in [9.17, 15) is 9.59 Å². The van der Waals surface area contributed by atoms with Gasteiger partial charge in [-0.25, -0.2) is 0 Å². The molecule has 0 fully saturated rings. The van der Waals surface area contributed by atoms with Crippen LogP contribution in [0.1, 0.15) is 11.1 Å². The lowest BCUT2D eigenvalue weighted by Gasteiger charge is -2.05. The van der Waals surface area contributed by atoms with Crippen molar-refractivity contribution in [3.63, 3.8) is 0 Å². The molecule has 2 unspecified atom stereocenters. The van der Waals surface area contributed by atoms with E-state index in [4.69, 9.17) is 31.9 Å². The molecule has 0 saturated heterocycles. The van der Waals surface area contributed by atoms with Gasteiger partial charge in [0.25, 0.3) is 0 Å². The summed E-state index contributed by atoms with van der Waals surface area (Å²) >= 11 is 0. The fraction of sp³-hybridized carbons (Fsp3) is 0.222. The zero-order valence-corrected chi connectivity index (χ0v) is 13.9. The van der Waals surface area contributed by atoms with Gasteiger partial charge < -0.3 is 31.9 Å². The summed E-state index contributed by atoms with van der Waals surface area (Å²) in [5.41, 5.74) is 12.2. The number of hydrogen-bond donors (Lipinski definition) is 6. The molecule has 8 nitrogen and oxygen atoms in total. The second-order valence-corrected chi connectivity index (χ2v) is 5.63. The summed E-state index contributed by atoms with van der Waals surface area (Å²) in [6.45, 7) is 0. The lowest BCUT2D eigenvalue weighted by molar-refractivity contribution is -0.139. The van der Waals surface area contributed by atoms with E-state index >= 15 is 0 Å². The van der Waals surface area contributed by atoms with Crippen LogP contribution in [0.5, 0.6) is 11.5 Å². The van der Waals surface area contributed by atoms with Crippen LogP contribution in [0.4, 0.5) is 0 Å². The van der Waals surface area contributed by atoms with Crippen LogP contribution >= 0.6 is 0 Å². The molecule has 0 bridgehead atoms. The van der Waals surface area contributed by atoms with Gasteiger partial charge in [0.05, 0.1) is 0 Å². The van der Waals surface area contributed by atoms with E-state index in [0.29, 0.717) is 0 Å². The highest BCUT2D eigenvalue weighted by molar-refractivity contribution is 5.73. The molecule has 0 aromatic heterocycles. The maximum atomic E-state index is 10.4. The summed E-state index contributed by atoms with van der Waals surface area (Å²) in [6, 6.07) is 10.8. The summed E-state index contributed by atoms with van der Waals surface area (Å²) in [5, 5.41) is 35.0. The van der Waals surface area contributed by atoms with E-state index in [2.05, 4.69) is 0 Å². The summed E-state index contributed by atoms with van der Waals surface area (Å²) in [5.74, 6) is -1.72. The molecule has 0 radical (unpaired) electrons. The number of benzene rings is 2. The first kappa shape index (κ1) is 20.9. The predicted molar refractivity (Wildman–Crippen MR) is 94.8 cm³/mol. The van der Waals surface area contributed by atoms with E-state index in [1.165, 1.54) is 24.3 Å². The Balaban J connectivity index is 0.000000260.